The first-order valence-electron chi connectivity index (χ1n) is 7.01. The molecule has 0 amide bonds. The summed E-state index contributed by atoms with van der Waals surface area (Å²) in [6.07, 6.45) is 4.32. The van der Waals surface area contributed by atoms with Crippen LogP contribution in [-0.4, -0.2) is 34.2 Å². The second kappa shape index (κ2) is 4.42. The fourth-order valence-corrected chi connectivity index (χ4v) is 2.49. The molecule has 0 saturated carbocycles. The van der Waals surface area contributed by atoms with Crippen LogP contribution < -0.4 is 5.46 Å². The highest BCUT2D eigenvalue weighted by Gasteiger charge is 2.51. The van der Waals surface area contributed by atoms with Crippen molar-refractivity contribution < 1.29 is 14.1 Å². The molecule has 6 heteroatoms. The molecule has 1 aliphatic heterocycles. The van der Waals surface area contributed by atoms with Gasteiger partial charge in [-0.25, -0.2) is 0 Å². The maximum absolute atomic E-state index is 11.0. The highest BCUT2D eigenvalue weighted by Crippen LogP contribution is 2.36. The first kappa shape index (κ1) is 14.3. The van der Waals surface area contributed by atoms with Crippen LogP contribution in [0.5, 0.6) is 0 Å². The van der Waals surface area contributed by atoms with E-state index in [-0.39, 0.29) is 11.2 Å². The molecule has 21 heavy (non-hydrogen) atoms. The summed E-state index contributed by atoms with van der Waals surface area (Å²) in [7, 11) is 1.45. The average molecular weight is 286 g/mol. The molecular weight excluding hydrogens is 267 g/mol. The number of fused-ring (bicyclic) bond motifs is 1. The Balaban J connectivity index is 2.03. The van der Waals surface area contributed by atoms with Crippen molar-refractivity contribution in [2.24, 2.45) is 7.05 Å². The molecule has 110 valence electrons. The predicted octanol–water partition coefficient (Wildman–Crippen LogP) is 1.68. The largest absolute Gasteiger partial charge is 0.496 e. The summed E-state index contributed by atoms with van der Waals surface area (Å²) in [4.78, 5) is 15.4. The quantitative estimate of drug-likeness (QED) is 0.622. The number of carbonyl (C=O) groups excluding carboxylic acids is 1. The van der Waals surface area contributed by atoms with Crippen LogP contribution in [0.2, 0.25) is 0 Å². The number of nitrogens with zero attached hydrogens (tertiary/aromatic N) is 2. The maximum Gasteiger partial charge on any atom is 0.496 e. The van der Waals surface area contributed by atoms with E-state index in [9.17, 15) is 4.79 Å². The molecule has 1 fully saturated rings. The van der Waals surface area contributed by atoms with E-state index in [1.54, 1.807) is 12.4 Å². The standard InChI is InChI=1S/C15H19BN2O3/c1-14(2)15(3,4)21-16(20-14)11-6-12-13(17-7-11)10(9-19)8-18(12)5/h6-9H,1-5H3. The molecule has 5 nitrogen and oxygen atoms in total. The van der Waals surface area contributed by atoms with Crippen molar-refractivity contribution in [2.75, 3.05) is 0 Å². The average Bonchev–Trinajstić information content (AvgIpc) is 2.84. The molecule has 1 aliphatic rings. The Bertz CT molecular complexity index is 705. The van der Waals surface area contributed by atoms with Crippen molar-refractivity contribution in [3.05, 3.63) is 24.0 Å². The Morgan fingerprint density at radius 3 is 2.43 bits per heavy atom. The van der Waals surface area contributed by atoms with Crippen LogP contribution in [0.3, 0.4) is 0 Å². The van der Waals surface area contributed by atoms with Gasteiger partial charge in [-0.3, -0.25) is 9.78 Å². The number of aldehydes is 1. The van der Waals surface area contributed by atoms with Crippen LogP contribution in [0.25, 0.3) is 11.0 Å². The Labute approximate surface area is 124 Å². The number of hydrogen-bond donors (Lipinski definition) is 0. The lowest BCUT2D eigenvalue weighted by Crippen LogP contribution is -2.41. The van der Waals surface area contributed by atoms with E-state index in [1.807, 2.05) is 45.4 Å². The normalized spacial score (nSPS) is 20.1. The summed E-state index contributed by atoms with van der Waals surface area (Å²) in [6, 6.07) is 1.97. The van der Waals surface area contributed by atoms with Crippen molar-refractivity contribution in [1.82, 2.24) is 9.55 Å². The molecule has 2 aromatic heterocycles. The Morgan fingerprint density at radius 1 is 1.24 bits per heavy atom. The van der Waals surface area contributed by atoms with Gasteiger partial charge < -0.3 is 13.9 Å². The molecule has 1 saturated heterocycles. The highest BCUT2D eigenvalue weighted by atomic mass is 16.7. The van der Waals surface area contributed by atoms with E-state index < -0.39 is 7.12 Å². The van der Waals surface area contributed by atoms with Gasteiger partial charge in [0, 0.05) is 24.9 Å². The lowest BCUT2D eigenvalue weighted by Gasteiger charge is -2.32. The first-order valence-corrected chi connectivity index (χ1v) is 7.01. The van der Waals surface area contributed by atoms with E-state index in [0.717, 1.165) is 17.3 Å². The molecule has 0 unspecified atom stereocenters. The third kappa shape index (κ3) is 2.10. The molecule has 3 rings (SSSR count). The zero-order chi connectivity index (χ0) is 15.4. The van der Waals surface area contributed by atoms with Gasteiger partial charge in [-0.15, -0.1) is 0 Å². The van der Waals surface area contributed by atoms with Crippen LogP contribution in [0, 0.1) is 0 Å². The van der Waals surface area contributed by atoms with Gasteiger partial charge in [0.25, 0.3) is 0 Å². The summed E-state index contributed by atoms with van der Waals surface area (Å²) in [6.45, 7) is 8.08. The summed E-state index contributed by atoms with van der Waals surface area (Å²) >= 11 is 0. The zero-order valence-electron chi connectivity index (χ0n) is 13.0. The molecule has 0 aromatic carbocycles. The van der Waals surface area contributed by atoms with Crippen LogP contribution >= 0.6 is 0 Å². The fraction of sp³-hybridized carbons (Fsp3) is 0.467. The van der Waals surface area contributed by atoms with Gasteiger partial charge in [0.1, 0.15) is 0 Å². The smallest absolute Gasteiger partial charge is 0.399 e. The van der Waals surface area contributed by atoms with Crippen LogP contribution in [0.4, 0.5) is 0 Å². The molecule has 0 bridgehead atoms. The number of aromatic nitrogens is 2. The Morgan fingerprint density at radius 2 is 1.86 bits per heavy atom. The Kier molecular flexibility index (Phi) is 3.01. The highest BCUT2D eigenvalue weighted by molar-refractivity contribution is 6.62. The number of carbonyl (C=O) groups is 1. The summed E-state index contributed by atoms with van der Waals surface area (Å²) in [5.74, 6) is 0. The van der Waals surface area contributed by atoms with Crippen molar-refractivity contribution in [3.8, 4) is 0 Å². The molecule has 3 heterocycles. The van der Waals surface area contributed by atoms with Crippen LogP contribution in [-0.2, 0) is 16.4 Å². The van der Waals surface area contributed by atoms with Crippen LogP contribution in [0.15, 0.2) is 18.5 Å². The van der Waals surface area contributed by atoms with Crippen molar-refractivity contribution in [2.45, 2.75) is 38.9 Å². The SMILES string of the molecule is Cn1cc(C=O)c2ncc(B3OC(C)(C)C(C)(C)O3)cc21. The van der Waals surface area contributed by atoms with Gasteiger partial charge in [-0.1, -0.05) is 0 Å². The molecular formula is C15H19BN2O3. The number of pyridine rings is 1. The molecule has 0 aliphatic carbocycles. The predicted molar refractivity (Wildman–Crippen MR) is 81.8 cm³/mol. The minimum absolute atomic E-state index is 0.380. The third-order valence-corrected chi connectivity index (χ3v) is 4.53. The zero-order valence-corrected chi connectivity index (χ0v) is 13.0. The molecule has 0 N–H and O–H groups in total. The van der Waals surface area contributed by atoms with E-state index >= 15 is 0 Å². The fourth-order valence-electron chi connectivity index (χ4n) is 2.49. The van der Waals surface area contributed by atoms with E-state index in [1.165, 1.54) is 0 Å². The van der Waals surface area contributed by atoms with Gasteiger partial charge in [-0.05, 0) is 33.8 Å². The van der Waals surface area contributed by atoms with E-state index in [2.05, 4.69) is 4.98 Å². The number of hydrogen-bond acceptors (Lipinski definition) is 4. The van der Waals surface area contributed by atoms with Crippen molar-refractivity contribution in [1.29, 1.82) is 0 Å². The van der Waals surface area contributed by atoms with Gasteiger partial charge >= 0.3 is 7.12 Å². The van der Waals surface area contributed by atoms with Crippen LogP contribution in [0.1, 0.15) is 38.1 Å². The van der Waals surface area contributed by atoms with Gasteiger partial charge in [0.15, 0.2) is 6.29 Å². The maximum atomic E-state index is 11.0. The van der Waals surface area contributed by atoms with Gasteiger partial charge in [0.05, 0.1) is 27.8 Å². The minimum atomic E-state index is -0.443. The number of aryl methyl sites for hydroxylation is 1. The summed E-state index contributed by atoms with van der Waals surface area (Å²) in [5.41, 5.74) is 2.29. The second-order valence-electron chi connectivity index (χ2n) is 6.54. The third-order valence-electron chi connectivity index (χ3n) is 4.53. The van der Waals surface area contributed by atoms with Crippen molar-refractivity contribution in [3.63, 3.8) is 0 Å². The monoisotopic (exact) mass is 286 g/mol. The van der Waals surface area contributed by atoms with Crippen molar-refractivity contribution >= 4 is 29.9 Å². The number of rotatable bonds is 2. The second-order valence-corrected chi connectivity index (χ2v) is 6.54. The molecule has 0 radical (unpaired) electrons. The van der Waals surface area contributed by atoms with E-state index in [0.29, 0.717) is 11.1 Å². The molecule has 0 spiro atoms. The van der Waals surface area contributed by atoms with Gasteiger partial charge in [0.2, 0.25) is 0 Å². The van der Waals surface area contributed by atoms with E-state index in [4.69, 9.17) is 9.31 Å². The summed E-state index contributed by atoms with van der Waals surface area (Å²) < 4.78 is 14.0. The minimum Gasteiger partial charge on any atom is -0.399 e. The topological polar surface area (TPSA) is 53.4 Å². The first-order chi connectivity index (χ1) is 9.75. The Hall–Kier alpha value is -1.66. The lowest BCUT2D eigenvalue weighted by molar-refractivity contribution is 0.00578. The molecule has 2 aromatic rings. The molecule has 0 atom stereocenters. The summed E-state index contributed by atoms with van der Waals surface area (Å²) in [5, 5.41) is 0. The van der Waals surface area contributed by atoms with Gasteiger partial charge in [-0.2, -0.15) is 0 Å². The lowest BCUT2D eigenvalue weighted by atomic mass is 9.80.